The molecule has 1 saturated carbocycles. The Morgan fingerprint density at radius 1 is 1.45 bits per heavy atom. The normalized spacial score (nSPS) is 30.6. The third-order valence-electron chi connectivity index (χ3n) is 4.45. The summed E-state index contributed by atoms with van der Waals surface area (Å²) in [6.45, 7) is 0.301. The van der Waals surface area contributed by atoms with Crippen molar-refractivity contribution in [3.05, 3.63) is 12.3 Å². The number of aliphatic carboxylic acids is 1. The van der Waals surface area contributed by atoms with Crippen LogP contribution in [0.3, 0.4) is 0 Å². The molecule has 1 aliphatic carbocycles. The Morgan fingerprint density at radius 2 is 2.20 bits per heavy atom. The molecule has 1 aromatic heterocycles. The number of carboxylic acid groups (broad SMARTS) is 1. The molecule has 3 unspecified atom stereocenters. The number of nitrogens with zero attached hydrogens (tertiary/aromatic N) is 3. The Bertz CT molecular complexity index is 639. The van der Waals surface area contributed by atoms with Crippen molar-refractivity contribution in [3.63, 3.8) is 0 Å². The van der Waals surface area contributed by atoms with Gasteiger partial charge in [-0.15, -0.1) is 0 Å². The number of sulfonamides is 1. The first-order chi connectivity index (χ1) is 9.43. The smallest absolute Gasteiger partial charge is 0.322 e. The van der Waals surface area contributed by atoms with Gasteiger partial charge in [0.05, 0.1) is 6.20 Å². The van der Waals surface area contributed by atoms with Crippen LogP contribution in [-0.4, -0.2) is 46.2 Å². The summed E-state index contributed by atoms with van der Waals surface area (Å²) in [6, 6.07) is 0.463. The van der Waals surface area contributed by atoms with E-state index in [4.69, 9.17) is 0 Å². The lowest BCUT2D eigenvalue weighted by molar-refractivity contribution is -0.142. The molecule has 1 N–H and O–H groups in total. The summed E-state index contributed by atoms with van der Waals surface area (Å²) in [7, 11) is -2.27. The van der Waals surface area contributed by atoms with E-state index in [1.807, 2.05) is 0 Å². The molecule has 0 radical (unpaired) electrons. The van der Waals surface area contributed by atoms with Gasteiger partial charge in [0, 0.05) is 13.6 Å². The van der Waals surface area contributed by atoms with E-state index in [1.165, 1.54) is 16.9 Å². The molecule has 110 valence electrons. The molecule has 7 nitrogen and oxygen atoms in total. The van der Waals surface area contributed by atoms with E-state index in [0.29, 0.717) is 6.54 Å². The standard InChI is InChI=1S/C12H17N3O4S/c1-14-10(5-6-13-14)20(18,19)15-7-8-3-2-4-9(8)11(15)12(16)17/h5-6,8-9,11H,2-4,7H2,1H3,(H,16,17). The number of hydrogen-bond donors (Lipinski definition) is 1. The van der Waals surface area contributed by atoms with Crippen molar-refractivity contribution in [2.24, 2.45) is 18.9 Å². The average Bonchev–Trinajstić information content (AvgIpc) is 3.00. The largest absolute Gasteiger partial charge is 0.480 e. The van der Waals surface area contributed by atoms with Gasteiger partial charge in [-0.1, -0.05) is 6.42 Å². The zero-order valence-corrected chi connectivity index (χ0v) is 12.0. The molecule has 3 rings (SSSR count). The maximum atomic E-state index is 12.7. The summed E-state index contributed by atoms with van der Waals surface area (Å²) in [6.07, 6.45) is 4.09. The van der Waals surface area contributed by atoms with Crippen LogP contribution in [0.15, 0.2) is 17.3 Å². The van der Waals surface area contributed by atoms with Crippen LogP contribution < -0.4 is 0 Å². The highest BCUT2D eigenvalue weighted by atomic mass is 32.2. The molecule has 2 fully saturated rings. The van der Waals surface area contributed by atoms with E-state index < -0.39 is 22.0 Å². The Balaban J connectivity index is 2.01. The predicted octanol–water partition coefficient (Wildman–Crippen LogP) is 0.294. The topological polar surface area (TPSA) is 92.5 Å². The average molecular weight is 299 g/mol. The van der Waals surface area contributed by atoms with Crippen molar-refractivity contribution < 1.29 is 18.3 Å². The molecule has 3 atom stereocenters. The summed E-state index contributed by atoms with van der Waals surface area (Å²) in [5, 5.41) is 13.3. The first-order valence-electron chi connectivity index (χ1n) is 6.65. The summed E-state index contributed by atoms with van der Waals surface area (Å²) >= 11 is 0. The highest BCUT2D eigenvalue weighted by Gasteiger charge is 2.52. The number of carboxylic acids is 1. The maximum Gasteiger partial charge on any atom is 0.322 e. The molecule has 2 heterocycles. The van der Waals surface area contributed by atoms with Crippen LogP contribution >= 0.6 is 0 Å². The van der Waals surface area contributed by atoms with Crippen molar-refractivity contribution in [2.75, 3.05) is 6.54 Å². The van der Waals surface area contributed by atoms with Crippen molar-refractivity contribution in [1.29, 1.82) is 0 Å². The van der Waals surface area contributed by atoms with Gasteiger partial charge < -0.3 is 5.11 Å². The predicted molar refractivity (Wildman–Crippen MR) is 69.4 cm³/mol. The van der Waals surface area contributed by atoms with E-state index >= 15 is 0 Å². The van der Waals surface area contributed by atoms with Crippen molar-refractivity contribution in [2.45, 2.75) is 30.3 Å². The lowest BCUT2D eigenvalue weighted by Crippen LogP contribution is -2.43. The maximum absolute atomic E-state index is 12.7. The van der Waals surface area contributed by atoms with Gasteiger partial charge in [-0.3, -0.25) is 9.48 Å². The SMILES string of the molecule is Cn1nccc1S(=O)(=O)N1CC2CCCC2C1C(=O)O. The van der Waals surface area contributed by atoms with Gasteiger partial charge in [-0.2, -0.15) is 9.40 Å². The van der Waals surface area contributed by atoms with Crippen LogP contribution in [0.5, 0.6) is 0 Å². The van der Waals surface area contributed by atoms with E-state index in [9.17, 15) is 18.3 Å². The summed E-state index contributed by atoms with van der Waals surface area (Å²) in [4.78, 5) is 11.5. The zero-order chi connectivity index (χ0) is 14.5. The third-order valence-corrected chi connectivity index (χ3v) is 6.37. The molecule has 0 spiro atoms. The molecule has 8 heteroatoms. The minimum Gasteiger partial charge on any atom is -0.480 e. The van der Waals surface area contributed by atoms with Crippen LogP contribution in [-0.2, 0) is 21.9 Å². The minimum atomic E-state index is -3.81. The van der Waals surface area contributed by atoms with Gasteiger partial charge in [-0.25, -0.2) is 8.42 Å². The molecule has 0 aromatic carbocycles. The molecule has 1 aromatic rings. The Morgan fingerprint density at radius 3 is 2.80 bits per heavy atom. The van der Waals surface area contributed by atoms with E-state index in [0.717, 1.165) is 23.6 Å². The Labute approximate surface area is 117 Å². The van der Waals surface area contributed by atoms with Gasteiger partial charge in [0.1, 0.15) is 6.04 Å². The number of carbonyl (C=O) groups is 1. The summed E-state index contributed by atoms with van der Waals surface area (Å²) in [5.74, 6) is -0.945. The molecule has 1 aliphatic heterocycles. The molecule has 20 heavy (non-hydrogen) atoms. The van der Waals surface area contributed by atoms with Gasteiger partial charge >= 0.3 is 5.97 Å². The van der Waals surface area contributed by atoms with Crippen molar-refractivity contribution >= 4 is 16.0 Å². The number of hydrogen-bond acceptors (Lipinski definition) is 4. The van der Waals surface area contributed by atoms with Crippen LogP contribution in [0.1, 0.15) is 19.3 Å². The Hall–Kier alpha value is -1.41. The first-order valence-corrected chi connectivity index (χ1v) is 8.09. The van der Waals surface area contributed by atoms with Gasteiger partial charge in [0.2, 0.25) is 0 Å². The van der Waals surface area contributed by atoms with E-state index in [2.05, 4.69) is 5.10 Å². The lowest BCUT2D eigenvalue weighted by atomic mass is 9.94. The monoisotopic (exact) mass is 299 g/mol. The van der Waals surface area contributed by atoms with Crippen LogP contribution in [0.25, 0.3) is 0 Å². The van der Waals surface area contributed by atoms with Gasteiger partial charge in [-0.05, 0) is 30.7 Å². The fraction of sp³-hybridized carbons (Fsp3) is 0.667. The van der Waals surface area contributed by atoms with Crippen LogP contribution in [0, 0.1) is 11.8 Å². The molecule has 2 aliphatic rings. The molecule has 1 saturated heterocycles. The van der Waals surface area contributed by atoms with Crippen molar-refractivity contribution in [1.82, 2.24) is 14.1 Å². The molecule has 0 bridgehead atoms. The van der Waals surface area contributed by atoms with Gasteiger partial charge in [0.15, 0.2) is 5.03 Å². The first kappa shape index (κ1) is 13.6. The second-order valence-electron chi connectivity index (χ2n) is 5.51. The highest BCUT2D eigenvalue weighted by molar-refractivity contribution is 7.89. The molecular weight excluding hydrogens is 282 g/mol. The second-order valence-corrected chi connectivity index (χ2v) is 7.34. The van der Waals surface area contributed by atoms with Crippen molar-refractivity contribution in [3.8, 4) is 0 Å². The van der Waals surface area contributed by atoms with E-state index in [-0.39, 0.29) is 16.9 Å². The molecular formula is C12H17N3O4S. The van der Waals surface area contributed by atoms with Crippen LogP contribution in [0.2, 0.25) is 0 Å². The number of aryl methyl sites for hydroxylation is 1. The number of rotatable bonds is 3. The fourth-order valence-electron chi connectivity index (χ4n) is 3.56. The fourth-order valence-corrected chi connectivity index (χ4v) is 5.34. The van der Waals surface area contributed by atoms with E-state index in [1.54, 1.807) is 7.05 Å². The Kier molecular flexibility index (Phi) is 3.09. The zero-order valence-electron chi connectivity index (χ0n) is 11.1. The van der Waals surface area contributed by atoms with Gasteiger partial charge in [0.25, 0.3) is 10.0 Å². The number of aromatic nitrogens is 2. The number of fused-ring (bicyclic) bond motifs is 1. The third kappa shape index (κ3) is 1.86. The van der Waals surface area contributed by atoms with Crippen LogP contribution in [0.4, 0.5) is 0 Å². The quantitative estimate of drug-likeness (QED) is 0.866. The summed E-state index contributed by atoms with van der Waals surface area (Å²) < 4.78 is 27.7. The molecule has 0 amide bonds. The lowest BCUT2D eigenvalue weighted by Gasteiger charge is -2.23. The highest BCUT2D eigenvalue weighted by Crippen LogP contribution is 2.44. The minimum absolute atomic E-state index is 0.0451. The second kappa shape index (κ2) is 4.56. The summed E-state index contributed by atoms with van der Waals surface area (Å²) in [5.41, 5.74) is 0.